The molecule has 1 unspecified atom stereocenters. The maximum absolute atomic E-state index is 5.31. The standard InChI is InChI=1S/C15H22N6O/c1-12-8-14(22-18-12)10-20-6-4-19(5-7-20)9-13-2-3-15-16-11-17-21(13)15/h8,11,13H,2-7,9-10H2,1H3. The lowest BCUT2D eigenvalue weighted by molar-refractivity contribution is 0.106. The van der Waals surface area contributed by atoms with Crippen molar-refractivity contribution < 1.29 is 4.52 Å². The van der Waals surface area contributed by atoms with Crippen molar-refractivity contribution in [3.05, 3.63) is 29.7 Å². The number of fused-ring (bicyclic) bond motifs is 1. The van der Waals surface area contributed by atoms with Gasteiger partial charge in [-0.15, -0.1) is 0 Å². The maximum Gasteiger partial charge on any atom is 0.150 e. The summed E-state index contributed by atoms with van der Waals surface area (Å²) in [5.41, 5.74) is 0.957. The van der Waals surface area contributed by atoms with E-state index in [9.17, 15) is 0 Å². The Morgan fingerprint density at radius 3 is 2.82 bits per heavy atom. The molecule has 0 aromatic carbocycles. The van der Waals surface area contributed by atoms with E-state index in [2.05, 4.69) is 29.7 Å². The average Bonchev–Trinajstić information content (AvgIpc) is 3.21. The van der Waals surface area contributed by atoms with Gasteiger partial charge in [0.25, 0.3) is 0 Å². The Morgan fingerprint density at radius 2 is 2.05 bits per heavy atom. The minimum atomic E-state index is 0.501. The van der Waals surface area contributed by atoms with Crippen LogP contribution in [0.5, 0.6) is 0 Å². The van der Waals surface area contributed by atoms with E-state index in [0.717, 1.165) is 63.0 Å². The molecule has 0 amide bonds. The lowest BCUT2D eigenvalue weighted by Crippen LogP contribution is -2.47. The zero-order valence-corrected chi connectivity index (χ0v) is 13.0. The van der Waals surface area contributed by atoms with Crippen molar-refractivity contribution in [1.82, 2.24) is 29.7 Å². The minimum Gasteiger partial charge on any atom is -0.360 e. The van der Waals surface area contributed by atoms with Crippen molar-refractivity contribution in [3.63, 3.8) is 0 Å². The van der Waals surface area contributed by atoms with Gasteiger partial charge in [-0.25, -0.2) is 9.67 Å². The third-order valence-electron chi connectivity index (χ3n) is 4.68. The fourth-order valence-electron chi connectivity index (χ4n) is 3.48. The van der Waals surface area contributed by atoms with Crippen LogP contribution in [0.3, 0.4) is 0 Å². The van der Waals surface area contributed by atoms with Gasteiger partial charge in [0.1, 0.15) is 12.2 Å². The maximum atomic E-state index is 5.31. The van der Waals surface area contributed by atoms with Crippen LogP contribution in [-0.2, 0) is 13.0 Å². The molecule has 2 aliphatic heterocycles. The second-order valence-electron chi connectivity index (χ2n) is 6.32. The summed E-state index contributed by atoms with van der Waals surface area (Å²) in [6.07, 6.45) is 3.92. The van der Waals surface area contributed by atoms with Crippen molar-refractivity contribution in [2.45, 2.75) is 32.4 Å². The highest BCUT2D eigenvalue weighted by Crippen LogP contribution is 2.24. The highest BCUT2D eigenvalue weighted by molar-refractivity contribution is 5.03. The second-order valence-corrected chi connectivity index (χ2v) is 6.32. The van der Waals surface area contributed by atoms with Crippen LogP contribution in [0.2, 0.25) is 0 Å². The van der Waals surface area contributed by atoms with Crippen molar-refractivity contribution in [1.29, 1.82) is 0 Å². The molecule has 7 heteroatoms. The van der Waals surface area contributed by atoms with Crippen molar-refractivity contribution >= 4 is 0 Å². The number of hydrogen-bond donors (Lipinski definition) is 0. The molecule has 0 spiro atoms. The normalized spacial score (nSPS) is 23.0. The number of nitrogens with zero attached hydrogens (tertiary/aromatic N) is 6. The fraction of sp³-hybridized carbons (Fsp3) is 0.667. The van der Waals surface area contributed by atoms with Crippen molar-refractivity contribution in [3.8, 4) is 0 Å². The molecule has 118 valence electrons. The summed E-state index contributed by atoms with van der Waals surface area (Å²) < 4.78 is 7.42. The Kier molecular flexibility index (Phi) is 3.67. The van der Waals surface area contributed by atoms with Crippen LogP contribution in [0.15, 0.2) is 16.9 Å². The summed E-state index contributed by atoms with van der Waals surface area (Å²) in [5.74, 6) is 2.11. The molecule has 2 aromatic rings. The molecule has 2 aromatic heterocycles. The molecule has 1 fully saturated rings. The van der Waals surface area contributed by atoms with E-state index in [1.807, 2.05) is 13.0 Å². The molecule has 2 aliphatic rings. The number of aromatic nitrogens is 4. The third kappa shape index (κ3) is 2.78. The van der Waals surface area contributed by atoms with E-state index in [1.165, 1.54) is 6.42 Å². The van der Waals surface area contributed by atoms with Crippen LogP contribution in [0.25, 0.3) is 0 Å². The smallest absolute Gasteiger partial charge is 0.150 e. The van der Waals surface area contributed by atoms with E-state index in [1.54, 1.807) is 6.33 Å². The molecular formula is C15H22N6O. The highest BCUT2D eigenvalue weighted by atomic mass is 16.5. The Morgan fingerprint density at radius 1 is 1.23 bits per heavy atom. The fourth-order valence-corrected chi connectivity index (χ4v) is 3.48. The van der Waals surface area contributed by atoms with Gasteiger partial charge in [-0.1, -0.05) is 5.16 Å². The van der Waals surface area contributed by atoms with E-state index >= 15 is 0 Å². The zero-order chi connectivity index (χ0) is 14.9. The van der Waals surface area contributed by atoms with Crippen LogP contribution < -0.4 is 0 Å². The number of aryl methyl sites for hydroxylation is 2. The largest absolute Gasteiger partial charge is 0.360 e. The Balaban J connectivity index is 1.27. The SMILES string of the molecule is Cc1cc(CN2CCN(CC3CCc4ncnn43)CC2)on1. The minimum absolute atomic E-state index is 0.501. The van der Waals surface area contributed by atoms with Gasteiger partial charge in [0.05, 0.1) is 18.3 Å². The molecule has 0 saturated carbocycles. The Labute approximate surface area is 129 Å². The molecule has 1 atom stereocenters. The molecule has 22 heavy (non-hydrogen) atoms. The lowest BCUT2D eigenvalue weighted by atomic mass is 10.2. The molecule has 7 nitrogen and oxygen atoms in total. The van der Waals surface area contributed by atoms with Crippen LogP contribution in [0, 0.1) is 6.92 Å². The number of rotatable bonds is 4. The molecule has 4 rings (SSSR count). The number of hydrogen-bond acceptors (Lipinski definition) is 6. The van der Waals surface area contributed by atoms with E-state index < -0.39 is 0 Å². The van der Waals surface area contributed by atoms with Gasteiger partial charge >= 0.3 is 0 Å². The monoisotopic (exact) mass is 302 g/mol. The zero-order valence-electron chi connectivity index (χ0n) is 13.0. The van der Waals surface area contributed by atoms with E-state index in [-0.39, 0.29) is 0 Å². The van der Waals surface area contributed by atoms with E-state index in [0.29, 0.717) is 6.04 Å². The van der Waals surface area contributed by atoms with Crippen LogP contribution in [0.4, 0.5) is 0 Å². The predicted molar refractivity (Wildman–Crippen MR) is 80.3 cm³/mol. The van der Waals surface area contributed by atoms with Gasteiger partial charge in [0.2, 0.25) is 0 Å². The van der Waals surface area contributed by atoms with Gasteiger partial charge in [-0.2, -0.15) is 5.10 Å². The Hall–Kier alpha value is -1.73. The van der Waals surface area contributed by atoms with Gasteiger partial charge < -0.3 is 4.52 Å². The first-order valence-electron chi connectivity index (χ1n) is 8.03. The topological polar surface area (TPSA) is 63.2 Å². The summed E-state index contributed by atoms with van der Waals surface area (Å²) >= 11 is 0. The summed E-state index contributed by atoms with van der Waals surface area (Å²) in [6.45, 7) is 8.29. The van der Waals surface area contributed by atoms with Gasteiger partial charge in [-0.05, 0) is 13.3 Å². The van der Waals surface area contributed by atoms with Gasteiger partial charge in [-0.3, -0.25) is 9.80 Å². The molecule has 0 aliphatic carbocycles. The molecule has 0 radical (unpaired) electrons. The van der Waals surface area contributed by atoms with Crippen molar-refractivity contribution in [2.75, 3.05) is 32.7 Å². The molecule has 1 saturated heterocycles. The molecule has 4 heterocycles. The lowest BCUT2D eigenvalue weighted by Gasteiger charge is -2.35. The first-order chi connectivity index (χ1) is 10.8. The van der Waals surface area contributed by atoms with Gasteiger partial charge in [0.15, 0.2) is 5.76 Å². The summed E-state index contributed by atoms with van der Waals surface area (Å²) in [6, 6.07) is 2.53. The second kappa shape index (κ2) is 5.81. The molecular weight excluding hydrogens is 280 g/mol. The summed E-state index contributed by atoms with van der Waals surface area (Å²) in [4.78, 5) is 9.29. The number of piperazine rings is 1. The average molecular weight is 302 g/mol. The van der Waals surface area contributed by atoms with Gasteiger partial charge in [0, 0.05) is 45.2 Å². The predicted octanol–water partition coefficient (Wildman–Crippen LogP) is 0.880. The van der Waals surface area contributed by atoms with E-state index in [4.69, 9.17) is 4.52 Å². The third-order valence-corrected chi connectivity index (χ3v) is 4.68. The first-order valence-corrected chi connectivity index (χ1v) is 8.03. The molecule has 0 N–H and O–H groups in total. The molecule has 0 bridgehead atoms. The van der Waals surface area contributed by atoms with Crippen molar-refractivity contribution in [2.24, 2.45) is 0 Å². The van der Waals surface area contributed by atoms with Crippen LogP contribution in [-0.4, -0.2) is 62.4 Å². The van der Waals surface area contributed by atoms with Crippen LogP contribution in [0.1, 0.15) is 29.7 Å². The first kappa shape index (κ1) is 13.9. The summed E-state index contributed by atoms with van der Waals surface area (Å²) in [7, 11) is 0. The Bertz CT molecular complexity index is 628. The quantitative estimate of drug-likeness (QED) is 0.835. The summed E-state index contributed by atoms with van der Waals surface area (Å²) in [5, 5.41) is 8.32. The highest BCUT2D eigenvalue weighted by Gasteiger charge is 2.27. The van der Waals surface area contributed by atoms with Crippen LogP contribution >= 0.6 is 0 Å².